The molecule has 0 aromatic heterocycles. The third-order valence-electron chi connectivity index (χ3n) is 7.05. The van der Waals surface area contributed by atoms with E-state index in [0.29, 0.717) is 0 Å². The van der Waals surface area contributed by atoms with Crippen molar-refractivity contribution in [2.45, 2.75) is 57.5 Å². The summed E-state index contributed by atoms with van der Waals surface area (Å²) >= 11 is 0. The van der Waals surface area contributed by atoms with Gasteiger partial charge in [0.25, 0.3) is 0 Å². The zero-order chi connectivity index (χ0) is 24.2. The van der Waals surface area contributed by atoms with Crippen LogP contribution in [0.5, 0.6) is 0 Å². The molecule has 1 saturated carbocycles. The summed E-state index contributed by atoms with van der Waals surface area (Å²) in [6.07, 6.45) is 1.89. The number of carbonyl (C=O) groups is 3. The van der Waals surface area contributed by atoms with Crippen molar-refractivity contribution in [3.63, 3.8) is 0 Å². The Balaban J connectivity index is 1.41. The quantitative estimate of drug-likeness (QED) is 0.513. The molecule has 180 valence electrons. The Labute approximate surface area is 199 Å². The van der Waals surface area contributed by atoms with Gasteiger partial charge >= 0.3 is 12.1 Å². The molecule has 2 atom stereocenters. The average molecular weight is 465 g/mol. The van der Waals surface area contributed by atoms with Gasteiger partial charge in [0.15, 0.2) is 0 Å². The summed E-state index contributed by atoms with van der Waals surface area (Å²) in [5.74, 6) is -1.40. The van der Waals surface area contributed by atoms with E-state index in [0.717, 1.165) is 41.5 Å². The second-order valence-electron chi connectivity index (χ2n) is 9.60. The first-order valence-electron chi connectivity index (χ1n) is 12.0. The highest BCUT2D eigenvalue weighted by molar-refractivity contribution is 5.87. The molecule has 0 bridgehead atoms. The molecule has 34 heavy (non-hydrogen) atoms. The Morgan fingerprint density at radius 1 is 0.971 bits per heavy atom. The molecule has 7 heteroatoms. The summed E-state index contributed by atoms with van der Waals surface area (Å²) in [6, 6.07) is 15.0. The Hall–Kier alpha value is -3.35. The van der Waals surface area contributed by atoms with Crippen molar-refractivity contribution in [2.24, 2.45) is 11.8 Å². The Morgan fingerprint density at radius 3 is 2.06 bits per heavy atom. The van der Waals surface area contributed by atoms with Gasteiger partial charge in [0.2, 0.25) is 5.91 Å². The van der Waals surface area contributed by atoms with Crippen molar-refractivity contribution in [1.82, 2.24) is 10.6 Å². The highest BCUT2D eigenvalue weighted by Gasteiger charge is 2.36. The predicted molar refractivity (Wildman–Crippen MR) is 128 cm³/mol. The van der Waals surface area contributed by atoms with Gasteiger partial charge in [0.1, 0.15) is 12.6 Å². The van der Waals surface area contributed by atoms with Crippen molar-refractivity contribution < 1.29 is 24.2 Å². The number of ether oxygens (including phenoxy) is 1. The molecule has 0 heterocycles. The molecule has 2 aliphatic carbocycles. The molecule has 2 aliphatic rings. The summed E-state index contributed by atoms with van der Waals surface area (Å²) in [7, 11) is 0. The standard InChI is InChI=1S/C27H32N2O5/c1-16(2)23(14-24(30)31)28-26(32)25(17-8-7-9-17)29-27(33)34-15-22-20-12-5-3-10-18(20)19-11-4-6-13-21(19)22/h3-6,10-13,16-17,22-23,25H,7-9,14-15H2,1-2H3,(H,28,32)(H,29,33)(H,30,31)/t23-,25?/m1/s1. The Morgan fingerprint density at radius 2 is 1.56 bits per heavy atom. The lowest BCUT2D eigenvalue weighted by molar-refractivity contribution is -0.138. The van der Waals surface area contributed by atoms with Gasteiger partial charge < -0.3 is 20.5 Å². The minimum Gasteiger partial charge on any atom is -0.481 e. The summed E-state index contributed by atoms with van der Waals surface area (Å²) in [6.45, 7) is 3.91. The first-order valence-corrected chi connectivity index (χ1v) is 12.0. The van der Waals surface area contributed by atoms with Crippen LogP contribution in [-0.2, 0) is 14.3 Å². The van der Waals surface area contributed by atoms with E-state index in [1.54, 1.807) is 0 Å². The fourth-order valence-electron chi connectivity index (χ4n) is 4.85. The zero-order valence-corrected chi connectivity index (χ0v) is 19.6. The maximum absolute atomic E-state index is 13.0. The zero-order valence-electron chi connectivity index (χ0n) is 19.6. The molecule has 7 nitrogen and oxygen atoms in total. The number of aliphatic carboxylic acids is 1. The number of hydrogen-bond acceptors (Lipinski definition) is 4. The van der Waals surface area contributed by atoms with Gasteiger partial charge in [0, 0.05) is 12.0 Å². The van der Waals surface area contributed by atoms with Crippen molar-refractivity contribution in [1.29, 1.82) is 0 Å². The maximum Gasteiger partial charge on any atom is 0.407 e. The molecule has 2 aromatic carbocycles. The van der Waals surface area contributed by atoms with Crippen molar-refractivity contribution in [3.05, 3.63) is 59.7 Å². The number of benzene rings is 2. The highest BCUT2D eigenvalue weighted by Crippen LogP contribution is 2.44. The summed E-state index contributed by atoms with van der Waals surface area (Å²) in [5.41, 5.74) is 4.55. The number of carboxylic acids is 1. The number of carbonyl (C=O) groups excluding carboxylic acids is 2. The van der Waals surface area contributed by atoms with E-state index in [9.17, 15) is 14.4 Å². The molecular weight excluding hydrogens is 432 g/mol. The lowest BCUT2D eigenvalue weighted by atomic mass is 9.79. The topological polar surface area (TPSA) is 105 Å². The number of amides is 2. The molecule has 0 aliphatic heterocycles. The number of hydrogen-bond donors (Lipinski definition) is 3. The third kappa shape index (κ3) is 5.08. The third-order valence-corrected chi connectivity index (χ3v) is 7.05. The molecule has 3 N–H and O–H groups in total. The first-order chi connectivity index (χ1) is 16.3. The van der Waals surface area contributed by atoms with Crippen LogP contribution in [0.1, 0.15) is 56.6 Å². The maximum atomic E-state index is 13.0. The molecule has 0 radical (unpaired) electrons. The molecule has 2 amide bonds. The average Bonchev–Trinajstić information content (AvgIpc) is 3.09. The fraction of sp³-hybridized carbons (Fsp3) is 0.444. The van der Waals surface area contributed by atoms with E-state index < -0.39 is 24.1 Å². The molecule has 0 spiro atoms. The van der Waals surface area contributed by atoms with E-state index in [4.69, 9.17) is 9.84 Å². The van der Waals surface area contributed by atoms with E-state index >= 15 is 0 Å². The van der Waals surface area contributed by atoms with Crippen molar-refractivity contribution in [2.75, 3.05) is 6.61 Å². The van der Waals surface area contributed by atoms with Crippen LogP contribution in [0.3, 0.4) is 0 Å². The van der Waals surface area contributed by atoms with Gasteiger partial charge in [-0.05, 0) is 46.9 Å². The Kier molecular flexibility index (Phi) is 7.20. The van der Waals surface area contributed by atoms with E-state index in [1.165, 1.54) is 0 Å². The number of alkyl carbamates (subject to hydrolysis) is 1. The molecule has 0 saturated heterocycles. The molecule has 2 aromatic rings. The lowest BCUT2D eigenvalue weighted by Gasteiger charge is -2.34. The second-order valence-corrected chi connectivity index (χ2v) is 9.60. The predicted octanol–water partition coefficient (Wildman–Crippen LogP) is 4.31. The highest BCUT2D eigenvalue weighted by atomic mass is 16.5. The first kappa shape index (κ1) is 23.8. The van der Waals surface area contributed by atoms with Crippen LogP contribution in [-0.4, -0.2) is 41.8 Å². The minimum atomic E-state index is -0.969. The Bertz CT molecular complexity index is 1020. The summed E-state index contributed by atoms with van der Waals surface area (Å²) in [5, 5.41) is 14.8. The second kappa shape index (κ2) is 10.3. The minimum absolute atomic E-state index is 0.0260. The van der Waals surface area contributed by atoms with Gasteiger partial charge in [-0.2, -0.15) is 0 Å². The van der Waals surface area contributed by atoms with Gasteiger partial charge in [-0.15, -0.1) is 0 Å². The monoisotopic (exact) mass is 464 g/mol. The number of nitrogens with one attached hydrogen (secondary N) is 2. The SMILES string of the molecule is CC(C)[C@@H](CC(=O)O)NC(=O)C(NC(=O)OCC1c2ccccc2-c2ccccc21)C1CCC1. The van der Waals surface area contributed by atoms with E-state index in [2.05, 4.69) is 34.9 Å². The van der Waals surface area contributed by atoms with Gasteiger partial charge in [-0.1, -0.05) is 68.8 Å². The van der Waals surface area contributed by atoms with Gasteiger partial charge in [-0.25, -0.2) is 4.79 Å². The van der Waals surface area contributed by atoms with Crippen molar-refractivity contribution >= 4 is 18.0 Å². The summed E-state index contributed by atoms with van der Waals surface area (Å²) in [4.78, 5) is 37.0. The van der Waals surface area contributed by atoms with E-state index in [1.807, 2.05) is 38.1 Å². The number of rotatable bonds is 9. The molecule has 1 fully saturated rings. The fourth-order valence-corrected chi connectivity index (χ4v) is 4.85. The van der Waals surface area contributed by atoms with Crippen LogP contribution >= 0.6 is 0 Å². The van der Waals surface area contributed by atoms with Crippen molar-refractivity contribution in [3.8, 4) is 11.1 Å². The molecule has 4 rings (SSSR count). The van der Waals surface area contributed by atoms with Crippen LogP contribution in [0, 0.1) is 11.8 Å². The summed E-state index contributed by atoms with van der Waals surface area (Å²) < 4.78 is 5.63. The van der Waals surface area contributed by atoms with Gasteiger partial charge in [-0.3, -0.25) is 9.59 Å². The van der Waals surface area contributed by atoms with Crippen LogP contribution in [0.4, 0.5) is 4.79 Å². The normalized spacial score (nSPS) is 16.7. The van der Waals surface area contributed by atoms with Gasteiger partial charge in [0.05, 0.1) is 6.42 Å². The van der Waals surface area contributed by atoms with Crippen LogP contribution in [0.15, 0.2) is 48.5 Å². The van der Waals surface area contributed by atoms with E-state index in [-0.39, 0.29) is 36.7 Å². The lowest BCUT2D eigenvalue weighted by Crippen LogP contribution is -2.55. The number of carboxylic acid groups (broad SMARTS) is 1. The van der Waals surface area contributed by atoms with Crippen LogP contribution in [0.25, 0.3) is 11.1 Å². The number of fused-ring (bicyclic) bond motifs is 3. The van der Waals surface area contributed by atoms with Crippen LogP contribution < -0.4 is 10.6 Å². The smallest absolute Gasteiger partial charge is 0.407 e. The van der Waals surface area contributed by atoms with Crippen LogP contribution in [0.2, 0.25) is 0 Å². The molecule has 1 unspecified atom stereocenters. The molecular formula is C27H32N2O5. The largest absolute Gasteiger partial charge is 0.481 e.